The zero-order chi connectivity index (χ0) is 35.7. The largest absolute Gasteiger partial charge is 0.0654 e. The van der Waals surface area contributed by atoms with Gasteiger partial charge >= 0.3 is 0 Å². The summed E-state index contributed by atoms with van der Waals surface area (Å²) < 4.78 is 0. The van der Waals surface area contributed by atoms with Gasteiger partial charge in [-0.3, -0.25) is 0 Å². The molecule has 6 unspecified atom stereocenters. The summed E-state index contributed by atoms with van der Waals surface area (Å²) in [5.74, 6) is 2.28. The van der Waals surface area contributed by atoms with Crippen molar-refractivity contribution in [2.45, 2.75) is 222 Å². The van der Waals surface area contributed by atoms with Gasteiger partial charge in [0.15, 0.2) is 0 Å². The normalized spacial score (nSPS) is 25.4. The SMILES string of the molecule is CCCC(C)(CC)C(C)(C)CC(C)(C)C(C)(C)C1CC(C(C)(C)C)CC(C(C)(C)C(C)(CC)CC(C)(C)C(C)(CC)CCC)C1. The van der Waals surface area contributed by atoms with Gasteiger partial charge in [0.2, 0.25) is 0 Å². The number of rotatable bonds is 17. The molecule has 1 fully saturated rings. The van der Waals surface area contributed by atoms with E-state index in [1.165, 1.54) is 77.0 Å². The van der Waals surface area contributed by atoms with Gasteiger partial charge in [0.1, 0.15) is 0 Å². The minimum atomic E-state index is 0.263. The van der Waals surface area contributed by atoms with Gasteiger partial charge in [-0.15, -0.1) is 0 Å². The highest BCUT2D eigenvalue weighted by Crippen LogP contribution is 2.65. The van der Waals surface area contributed by atoms with Gasteiger partial charge in [-0.2, -0.15) is 0 Å². The Labute approximate surface area is 288 Å². The third kappa shape index (κ3) is 8.60. The monoisotopic (exact) mass is 631 g/mol. The molecule has 1 aliphatic rings. The third-order valence-electron chi connectivity index (χ3n) is 17.2. The first kappa shape index (κ1) is 43.0. The summed E-state index contributed by atoms with van der Waals surface area (Å²) in [5.41, 5.74) is 2.87. The quantitative estimate of drug-likeness (QED) is 0.150. The first-order valence-corrected chi connectivity index (χ1v) is 20.0. The molecule has 45 heavy (non-hydrogen) atoms. The van der Waals surface area contributed by atoms with Crippen molar-refractivity contribution >= 4 is 0 Å². The van der Waals surface area contributed by atoms with Gasteiger partial charge in [-0.25, -0.2) is 0 Å². The second-order valence-corrected chi connectivity index (χ2v) is 21.9. The second-order valence-electron chi connectivity index (χ2n) is 21.9. The van der Waals surface area contributed by atoms with Crippen LogP contribution in [-0.4, -0.2) is 0 Å². The fourth-order valence-corrected chi connectivity index (χ4v) is 10.9. The predicted octanol–water partition coefficient (Wildman–Crippen LogP) is 15.8. The van der Waals surface area contributed by atoms with Crippen molar-refractivity contribution in [1.29, 1.82) is 0 Å². The topological polar surface area (TPSA) is 0 Å². The van der Waals surface area contributed by atoms with E-state index < -0.39 is 0 Å². The highest BCUT2D eigenvalue weighted by molar-refractivity contribution is 5.06. The van der Waals surface area contributed by atoms with E-state index in [0.29, 0.717) is 32.5 Å². The number of hydrogen-bond acceptors (Lipinski definition) is 0. The third-order valence-corrected chi connectivity index (χ3v) is 17.2. The van der Waals surface area contributed by atoms with E-state index in [9.17, 15) is 0 Å². The molecule has 0 aromatic rings. The van der Waals surface area contributed by atoms with E-state index in [2.05, 4.69) is 145 Å². The van der Waals surface area contributed by atoms with E-state index in [1.807, 2.05) is 0 Å². The lowest BCUT2D eigenvalue weighted by molar-refractivity contribution is -0.111. The molecule has 0 bridgehead atoms. The molecule has 0 heterocycles. The zero-order valence-electron chi connectivity index (χ0n) is 35.7. The summed E-state index contributed by atoms with van der Waals surface area (Å²) in [4.78, 5) is 0. The van der Waals surface area contributed by atoms with Crippen molar-refractivity contribution in [2.75, 3.05) is 0 Å². The van der Waals surface area contributed by atoms with Crippen molar-refractivity contribution in [3.05, 3.63) is 0 Å². The summed E-state index contributed by atoms with van der Waals surface area (Å²) in [5, 5.41) is 0. The predicted molar refractivity (Wildman–Crippen MR) is 207 cm³/mol. The maximum atomic E-state index is 2.71. The Kier molecular flexibility index (Phi) is 13.8. The maximum absolute atomic E-state index is 2.71. The molecule has 0 aliphatic heterocycles. The standard InChI is InChI=1S/C45H90/c1-22-27-43(19,24-3)39(11,12)32-38(9,10)41(15,16)35-29-34(37(6,7)8)30-36(31-35)42(17,18)45(21,26-5)33-40(13,14)44(20,25-4)28-23-2/h34-36H,22-33H2,1-21H3. The molecule has 1 aliphatic carbocycles. The Morgan fingerprint density at radius 3 is 1.04 bits per heavy atom. The summed E-state index contributed by atoms with van der Waals surface area (Å²) in [6, 6.07) is 0. The number of hydrogen-bond donors (Lipinski definition) is 0. The van der Waals surface area contributed by atoms with Crippen LogP contribution in [0.15, 0.2) is 0 Å². The minimum Gasteiger partial charge on any atom is -0.0654 e. The molecule has 0 N–H and O–H groups in total. The van der Waals surface area contributed by atoms with E-state index in [0.717, 1.165) is 17.8 Å². The van der Waals surface area contributed by atoms with Crippen LogP contribution in [0.25, 0.3) is 0 Å². The van der Waals surface area contributed by atoms with Gasteiger partial charge in [0.25, 0.3) is 0 Å². The Morgan fingerprint density at radius 1 is 0.378 bits per heavy atom. The van der Waals surface area contributed by atoms with Crippen LogP contribution in [0.3, 0.4) is 0 Å². The Balaban J connectivity index is 3.63. The van der Waals surface area contributed by atoms with Gasteiger partial charge in [-0.05, 0) is 111 Å². The zero-order valence-corrected chi connectivity index (χ0v) is 35.7. The van der Waals surface area contributed by atoms with E-state index >= 15 is 0 Å². The van der Waals surface area contributed by atoms with Crippen LogP contribution in [0, 0.1) is 66.5 Å². The summed E-state index contributed by atoms with van der Waals surface area (Å²) in [7, 11) is 0. The van der Waals surface area contributed by atoms with Crippen LogP contribution in [0.4, 0.5) is 0 Å². The molecule has 0 radical (unpaired) electrons. The molecule has 270 valence electrons. The molecular formula is C45H90. The fraction of sp³-hybridized carbons (Fsp3) is 1.00. The lowest BCUT2D eigenvalue weighted by Crippen LogP contribution is -2.52. The van der Waals surface area contributed by atoms with Gasteiger partial charge in [0, 0.05) is 0 Å². The van der Waals surface area contributed by atoms with Crippen molar-refractivity contribution < 1.29 is 0 Å². The van der Waals surface area contributed by atoms with Gasteiger partial charge < -0.3 is 0 Å². The molecule has 6 atom stereocenters. The highest BCUT2D eigenvalue weighted by atomic mass is 14.6. The Morgan fingerprint density at radius 2 is 0.711 bits per heavy atom. The molecule has 1 saturated carbocycles. The van der Waals surface area contributed by atoms with Crippen molar-refractivity contribution in [3.63, 3.8) is 0 Å². The molecule has 0 amide bonds. The Bertz CT molecular complexity index is 905. The Hall–Kier alpha value is 0. The van der Waals surface area contributed by atoms with Gasteiger partial charge in [0.05, 0.1) is 0 Å². The smallest absolute Gasteiger partial charge is 0.0269 e. The minimum absolute atomic E-state index is 0.263. The first-order chi connectivity index (χ1) is 20.0. The molecular weight excluding hydrogens is 540 g/mol. The van der Waals surface area contributed by atoms with Crippen LogP contribution < -0.4 is 0 Å². The van der Waals surface area contributed by atoms with E-state index in [1.54, 1.807) is 0 Å². The average molecular weight is 631 g/mol. The lowest BCUT2D eigenvalue weighted by Gasteiger charge is -2.61. The van der Waals surface area contributed by atoms with Crippen molar-refractivity contribution in [1.82, 2.24) is 0 Å². The summed E-state index contributed by atoms with van der Waals surface area (Å²) >= 11 is 0. The molecule has 0 heteroatoms. The van der Waals surface area contributed by atoms with Crippen molar-refractivity contribution in [2.24, 2.45) is 66.5 Å². The van der Waals surface area contributed by atoms with E-state index in [4.69, 9.17) is 0 Å². The van der Waals surface area contributed by atoms with Crippen LogP contribution in [0.1, 0.15) is 222 Å². The fourth-order valence-electron chi connectivity index (χ4n) is 10.9. The first-order valence-electron chi connectivity index (χ1n) is 20.0. The molecule has 0 saturated heterocycles. The molecule has 1 rings (SSSR count). The summed E-state index contributed by atoms with van der Waals surface area (Å²) in [6.45, 7) is 54.2. The van der Waals surface area contributed by atoms with E-state index in [-0.39, 0.29) is 16.2 Å². The van der Waals surface area contributed by atoms with Crippen LogP contribution >= 0.6 is 0 Å². The summed E-state index contributed by atoms with van der Waals surface area (Å²) in [6.07, 6.45) is 15.9. The lowest BCUT2D eigenvalue weighted by atomic mass is 9.44. The van der Waals surface area contributed by atoms with Crippen LogP contribution in [0.5, 0.6) is 0 Å². The van der Waals surface area contributed by atoms with Crippen LogP contribution in [0.2, 0.25) is 0 Å². The van der Waals surface area contributed by atoms with Crippen LogP contribution in [-0.2, 0) is 0 Å². The van der Waals surface area contributed by atoms with Gasteiger partial charge in [-0.1, -0.05) is 178 Å². The maximum Gasteiger partial charge on any atom is -0.0269 e. The molecule has 0 aromatic heterocycles. The van der Waals surface area contributed by atoms with Crippen molar-refractivity contribution in [3.8, 4) is 0 Å². The molecule has 0 nitrogen and oxygen atoms in total. The average Bonchev–Trinajstić information content (AvgIpc) is 2.91. The second kappa shape index (κ2) is 14.5. The molecule has 0 spiro atoms. The molecule has 0 aromatic carbocycles. The highest BCUT2D eigenvalue weighted by Gasteiger charge is 2.56.